The van der Waals surface area contributed by atoms with E-state index in [-0.39, 0.29) is 5.91 Å². The summed E-state index contributed by atoms with van der Waals surface area (Å²) in [6.07, 6.45) is 0.984. The highest BCUT2D eigenvalue weighted by Gasteiger charge is 2.12. The minimum Gasteiger partial charge on any atom is -0.493 e. The number of nitrogens with one attached hydrogen (secondary N) is 1. The first-order valence-electron chi connectivity index (χ1n) is 9.61. The van der Waals surface area contributed by atoms with Gasteiger partial charge in [0.15, 0.2) is 11.5 Å². The SMILES string of the molecule is CCc1ccc(-n2nc3ccc(NC(=O)c4ccc(OC)c(OC)c4)cc3n2)cc1. The molecule has 0 unspecified atom stereocenters. The van der Waals surface area contributed by atoms with Gasteiger partial charge in [-0.15, -0.1) is 10.2 Å². The van der Waals surface area contributed by atoms with E-state index in [0.717, 1.165) is 17.6 Å². The van der Waals surface area contributed by atoms with Gasteiger partial charge in [-0.25, -0.2) is 0 Å². The van der Waals surface area contributed by atoms with Gasteiger partial charge in [0.25, 0.3) is 5.91 Å². The fraction of sp³-hybridized carbons (Fsp3) is 0.174. The number of carbonyl (C=O) groups excluding carboxylic acids is 1. The van der Waals surface area contributed by atoms with Gasteiger partial charge in [-0.3, -0.25) is 4.79 Å². The monoisotopic (exact) mass is 402 g/mol. The highest BCUT2D eigenvalue weighted by Crippen LogP contribution is 2.28. The largest absolute Gasteiger partial charge is 0.493 e. The molecule has 4 rings (SSSR count). The van der Waals surface area contributed by atoms with Crippen LogP contribution in [0.15, 0.2) is 60.7 Å². The van der Waals surface area contributed by atoms with Crippen molar-refractivity contribution >= 4 is 22.6 Å². The Morgan fingerprint density at radius 1 is 0.900 bits per heavy atom. The van der Waals surface area contributed by atoms with Crippen LogP contribution in [-0.4, -0.2) is 35.1 Å². The predicted molar refractivity (Wildman–Crippen MR) is 116 cm³/mol. The molecule has 1 aromatic heterocycles. The van der Waals surface area contributed by atoms with E-state index < -0.39 is 0 Å². The van der Waals surface area contributed by atoms with Gasteiger partial charge in [0.1, 0.15) is 11.0 Å². The molecule has 0 atom stereocenters. The molecule has 0 aliphatic heterocycles. The van der Waals surface area contributed by atoms with Crippen molar-refractivity contribution in [3.8, 4) is 17.2 Å². The summed E-state index contributed by atoms with van der Waals surface area (Å²) in [4.78, 5) is 14.3. The zero-order valence-corrected chi connectivity index (χ0v) is 17.0. The fourth-order valence-corrected chi connectivity index (χ4v) is 3.15. The number of hydrogen-bond donors (Lipinski definition) is 1. The smallest absolute Gasteiger partial charge is 0.255 e. The van der Waals surface area contributed by atoms with Crippen LogP contribution >= 0.6 is 0 Å². The molecule has 1 heterocycles. The summed E-state index contributed by atoms with van der Waals surface area (Å²) in [5.74, 6) is 0.814. The third-order valence-electron chi connectivity index (χ3n) is 4.86. The lowest BCUT2D eigenvalue weighted by atomic mass is 10.1. The third-order valence-corrected chi connectivity index (χ3v) is 4.86. The van der Waals surface area contributed by atoms with Crippen LogP contribution in [0, 0.1) is 0 Å². The molecule has 0 radical (unpaired) electrons. The van der Waals surface area contributed by atoms with Crippen LogP contribution in [0.3, 0.4) is 0 Å². The number of amides is 1. The lowest BCUT2D eigenvalue weighted by Crippen LogP contribution is -2.12. The number of fused-ring (bicyclic) bond motifs is 1. The maximum atomic E-state index is 12.7. The van der Waals surface area contributed by atoms with Crippen molar-refractivity contribution in [1.29, 1.82) is 0 Å². The summed E-state index contributed by atoms with van der Waals surface area (Å²) in [5.41, 5.74) is 4.69. The number of rotatable bonds is 6. The molecule has 152 valence electrons. The molecular formula is C23H22N4O3. The van der Waals surface area contributed by atoms with Crippen molar-refractivity contribution in [2.75, 3.05) is 19.5 Å². The lowest BCUT2D eigenvalue weighted by Gasteiger charge is -2.10. The Labute approximate surface area is 174 Å². The fourth-order valence-electron chi connectivity index (χ4n) is 3.15. The van der Waals surface area contributed by atoms with Gasteiger partial charge in [0, 0.05) is 11.3 Å². The van der Waals surface area contributed by atoms with Crippen LogP contribution in [0.5, 0.6) is 11.5 Å². The normalized spacial score (nSPS) is 10.8. The Morgan fingerprint density at radius 2 is 1.63 bits per heavy atom. The summed E-state index contributed by atoms with van der Waals surface area (Å²) in [6, 6.07) is 18.6. The Balaban J connectivity index is 1.57. The first-order chi connectivity index (χ1) is 14.6. The highest BCUT2D eigenvalue weighted by atomic mass is 16.5. The van der Waals surface area contributed by atoms with Crippen LogP contribution in [0.2, 0.25) is 0 Å². The van der Waals surface area contributed by atoms with E-state index in [1.54, 1.807) is 42.2 Å². The lowest BCUT2D eigenvalue weighted by molar-refractivity contribution is 0.102. The van der Waals surface area contributed by atoms with Gasteiger partial charge in [-0.1, -0.05) is 19.1 Å². The first-order valence-corrected chi connectivity index (χ1v) is 9.61. The maximum absolute atomic E-state index is 12.7. The van der Waals surface area contributed by atoms with E-state index in [1.165, 1.54) is 12.7 Å². The quantitative estimate of drug-likeness (QED) is 0.522. The van der Waals surface area contributed by atoms with E-state index >= 15 is 0 Å². The molecule has 7 heteroatoms. The number of hydrogen-bond acceptors (Lipinski definition) is 5. The molecule has 0 aliphatic carbocycles. The number of anilines is 1. The first kappa shape index (κ1) is 19.4. The molecule has 1 amide bonds. The van der Waals surface area contributed by atoms with Crippen molar-refractivity contribution in [1.82, 2.24) is 15.0 Å². The molecule has 0 spiro atoms. The molecular weight excluding hydrogens is 380 g/mol. The molecule has 0 fully saturated rings. The van der Waals surface area contributed by atoms with Gasteiger partial charge >= 0.3 is 0 Å². The summed E-state index contributed by atoms with van der Waals surface area (Å²) in [5, 5.41) is 12.0. The standard InChI is InChI=1S/C23H22N4O3/c1-4-15-5-9-18(10-6-15)27-25-19-11-8-17(14-20(19)26-27)24-23(28)16-7-12-21(29-2)22(13-16)30-3/h5-14H,4H2,1-3H3,(H,24,28). The second-order valence-electron chi connectivity index (χ2n) is 6.74. The molecule has 0 aliphatic rings. The Hall–Kier alpha value is -3.87. The van der Waals surface area contributed by atoms with Crippen molar-refractivity contribution in [2.45, 2.75) is 13.3 Å². The molecule has 7 nitrogen and oxygen atoms in total. The third kappa shape index (κ3) is 3.82. The number of benzene rings is 3. The number of nitrogens with zero attached hydrogens (tertiary/aromatic N) is 3. The highest BCUT2D eigenvalue weighted by molar-refractivity contribution is 6.05. The van der Waals surface area contributed by atoms with E-state index in [4.69, 9.17) is 9.47 Å². The molecule has 0 bridgehead atoms. The number of methoxy groups -OCH3 is 2. The average molecular weight is 402 g/mol. The number of ether oxygens (including phenoxy) is 2. The molecule has 30 heavy (non-hydrogen) atoms. The van der Waals surface area contributed by atoms with E-state index in [9.17, 15) is 4.79 Å². The second-order valence-corrected chi connectivity index (χ2v) is 6.74. The maximum Gasteiger partial charge on any atom is 0.255 e. The zero-order valence-electron chi connectivity index (χ0n) is 17.0. The minimum absolute atomic E-state index is 0.252. The van der Waals surface area contributed by atoms with Gasteiger partial charge in [-0.05, 0) is 60.5 Å². The summed E-state index contributed by atoms with van der Waals surface area (Å²) in [6.45, 7) is 2.12. The summed E-state index contributed by atoms with van der Waals surface area (Å²) in [7, 11) is 3.09. The Morgan fingerprint density at radius 3 is 2.33 bits per heavy atom. The van der Waals surface area contributed by atoms with Crippen molar-refractivity contribution in [3.05, 3.63) is 71.8 Å². The van der Waals surface area contributed by atoms with E-state index in [2.05, 4.69) is 34.6 Å². The van der Waals surface area contributed by atoms with Crippen molar-refractivity contribution < 1.29 is 14.3 Å². The number of aryl methyl sites for hydroxylation is 1. The van der Waals surface area contributed by atoms with Crippen LogP contribution in [0.4, 0.5) is 5.69 Å². The zero-order chi connectivity index (χ0) is 21.1. The van der Waals surface area contributed by atoms with Crippen LogP contribution in [0.25, 0.3) is 16.7 Å². The Kier molecular flexibility index (Phi) is 5.34. The van der Waals surface area contributed by atoms with Crippen LogP contribution in [-0.2, 0) is 6.42 Å². The van der Waals surface area contributed by atoms with Gasteiger partial charge in [0.05, 0.1) is 19.9 Å². The average Bonchev–Trinajstić information content (AvgIpc) is 3.22. The second kappa shape index (κ2) is 8.24. The van der Waals surface area contributed by atoms with Crippen LogP contribution in [0.1, 0.15) is 22.8 Å². The van der Waals surface area contributed by atoms with Crippen LogP contribution < -0.4 is 14.8 Å². The van der Waals surface area contributed by atoms with Gasteiger partial charge in [-0.2, -0.15) is 4.80 Å². The molecule has 0 saturated carbocycles. The number of aromatic nitrogens is 3. The Bertz CT molecular complexity index is 1200. The minimum atomic E-state index is -0.252. The molecule has 1 N–H and O–H groups in total. The predicted octanol–water partition coefficient (Wildman–Crippen LogP) is 4.25. The van der Waals surface area contributed by atoms with E-state index in [1.807, 2.05) is 18.2 Å². The molecule has 4 aromatic rings. The van der Waals surface area contributed by atoms with Crippen molar-refractivity contribution in [2.24, 2.45) is 0 Å². The van der Waals surface area contributed by atoms with Crippen molar-refractivity contribution in [3.63, 3.8) is 0 Å². The molecule has 3 aromatic carbocycles. The van der Waals surface area contributed by atoms with E-state index in [0.29, 0.717) is 28.3 Å². The topological polar surface area (TPSA) is 78.3 Å². The number of carbonyl (C=O) groups is 1. The molecule has 0 saturated heterocycles. The van der Waals surface area contributed by atoms with Gasteiger partial charge < -0.3 is 14.8 Å². The summed E-state index contributed by atoms with van der Waals surface area (Å²) < 4.78 is 10.5. The van der Waals surface area contributed by atoms with Gasteiger partial charge in [0.2, 0.25) is 0 Å². The summed E-state index contributed by atoms with van der Waals surface area (Å²) >= 11 is 0.